The number of anilines is 1. The molecule has 0 amide bonds. The first kappa shape index (κ1) is 19.8. The molecular weight excluding hydrogens is 391 g/mol. The smallest absolute Gasteiger partial charge is 0.201 e. The number of H-pyrrole nitrogens is 1. The second-order valence-electron chi connectivity index (χ2n) is 8.57. The molecule has 1 aliphatic rings. The second-order valence-corrected chi connectivity index (χ2v) is 8.57. The summed E-state index contributed by atoms with van der Waals surface area (Å²) in [5.41, 5.74) is 4.00. The normalized spacial score (nSPS) is 20.1. The molecule has 1 atom stereocenters. The number of methoxy groups -OCH3 is 1. The number of halogens is 1. The number of aromatic nitrogens is 3. The highest BCUT2D eigenvalue weighted by Gasteiger charge is 2.27. The Morgan fingerprint density at radius 1 is 1.06 bits per heavy atom. The Kier molecular flexibility index (Phi) is 5.22. The molecule has 2 N–H and O–H groups in total. The summed E-state index contributed by atoms with van der Waals surface area (Å²) in [5, 5.41) is 4.52. The Labute approximate surface area is 181 Å². The molecule has 5 nitrogen and oxygen atoms in total. The first-order valence-electron chi connectivity index (χ1n) is 10.9. The molecule has 1 unspecified atom stereocenters. The standard InChI is InChI=1S/C25H27FN4O/c1-15(28-25-29-23-10-8-19(31-2)14-24(23)30-25)16-3-5-17(6-4-16)20-11-12-27-22-9-7-18(26)13-21(20)22/h7-17H,3-6H2,1-2H3,(H2,28,29,30)/t15?,16-,17+. The molecule has 0 radical (unpaired) electrons. The van der Waals surface area contributed by atoms with Crippen LogP contribution in [0.3, 0.4) is 0 Å². The lowest BCUT2D eigenvalue weighted by atomic mass is 9.75. The number of nitrogens with zero attached hydrogens (tertiary/aromatic N) is 2. The van der Waals surface area contributed by atoms with Crippen LogP contribution in [0.5, 0.6) is 5.75 Å². The lowest BCUT2D eigenvalue weighted by Crippen LogP contribution is -2.29. The zero-order chi connectivity index (χ0) is 21.4. The summed E-state index contributed by atoms with van der Waals surface area (Å²) in [4.78, 5) is 12.4. The number of hydrogen-bond acceptors (Lipinski definition) is 4. The molecule has 1 aliphatic carbocycles. The van der Waals surface area contributed by atoms with Gasteiger partial charge >= 0.3 is 0 Å². The van der Waals surface area contributed by atoms with Crippen molar-refractivity contribution < 1.29 is 9.13 Å². The van der Waals surface area contributed by atoms with Gasteiger partial charge in [0, 0.05) is 23.7 Å². The second kappa shape index (κ2) is 8.17. The van der Waals surface area contributed by atoms with Crippen molar-refractivity contribution in [1.82, 2.24) is 15.0 Å². The number of fused-ring (bicyclic) bond motifs is 2. The minimum absolute atomic E-state index is 0.197. The van der Waals surface area contributed by atoms with Gasteiger partial charge in [-0.25, -0.2) is 9.37 Å². The molecule has 2 aromatic heterocycles. The molecule has 0 spiro atoms. The van der Waals surface area contributed by atoms with Gasteiger partial charge in [0.15, 0.2) is 0 Å². The van der Waals surface area contributed by atoms with Crippen LogP contribution in [-0.2, 0) is 0 Å². The number of hydrogen-bond donors (Lipinski definition) is 2. The summed E-state index contributed by atoms with van der Waals surface area (Å²) >= 11 is 0. The van der Waals surface area contributed by atoms with Crippen molar-refractivity contribution in [3.05, 3.63) is 60.0 Å². The molecule has 1 fully saturated rings. The van der Waals surface area contributed by atoms with E-state index >= 15 is 0 Å². The number of ether oxygens (including phenoxy) is 1. The Balaban J connectivity index is 1.26. The minimum Gasteiger partial charge on any atom is -0.497 e. The van der Waals surface area contributed by atoms with Crippen LogP contribution < -0.4 is 10.1 Å². The predicted molar refractivity (Wildman–Crippen MR) is 122 cm³/mol. The molecule has 2 heterocycles. The molecule has 5 rings (SSSR count). The lowest BCUT2D eigenvalue weighted by molar-refractivity contribution is 0.301. The van der Waals surface area contributed by atoms with E-state index in [2.05, 4.69) is 33.3 Å². The monoisotopic (exact) mass is 418 g/mol. The van der Waals surface area contributed by atoms with Gasteiger partial charge < -0.3 is 15.0 Å². The fraction of sp³-hybridized carbons (Fsp3) is 0.360. The Morgan fingerprint density at radius 2 is 1.87 bits per heavy atom. The summed E-state index contributed by atoms with van der Waals surface area (Å²) in [6.45, 7) is 2.23. The average Bonchev–Trinajstić information content (AvgIpc) is 3.20. The van der Waals surface area contributed by atoms with E-state index in [4.69, 9.17) is 4.74 Å². The largest absolute Gasteiger partial charge is 0.497 e. The van der Waals surface area contributed by atoms with Crippen LogP contribution in [0, 0.1) is 11.7 Å². The predicted octanol–water partition coefficient (Wildman–Crippen LogP) is 6.03. The van der Waals surface area contributed by atoms with Crippen molar-refractivity contribution in [2.75, 3.05) is 12.4 Å². The van der Waals surface area contributed by atoms with Crippen molar-refractivity contribution in [3.63, 3.8) is 0 Å². The maximum atomic E-state index is 13.8. The van der Waals surface area contributed by atoms with E-state index in [9.17, 15) is 4.39 Å². The number of pyridine rings is 1. The zero-order valence-corrected chi connectivity index (χ0v) is 17.9. The molecule has 31 heavy (non-hydrogen) atoms. The topological polar surface area (TPSA) is 62.8 Å². The van der Waals surface area contributed by atoms with Crippen LogP contribution in [-0.4, -0.2) is 28.1 Å². The molecule has 6 heteroatoms. The van der Waals surface area contributed by atoms with Crippen molar-refractivity contribution in [3.8, 4) is 5.75 Å². The lowest BCUT2D eigenvalue weighted by Gasteiger charge is -2.33. The van der Waals surface area contributed by atoms with Gasteiger partial charge in [0.2, 0.25) is 5.95 Å². The van der Waals surface area contributed by atoms with Crippen LogP contribution in [0.25, 0.3) is 21.9 Å². The van der Waals surface area contributed by atoms with Gasteiger partial charge in [-0.2, -0.15) is 0 Å². The highest BCUT2D eigenvalue weighted by atomic mass is 19.1. The molecule has 2 aromatic carbocycles. The molecule has 0 aliphatic heterocycles. The maximum Gasteiger partial charge on any atom is 0.201 e. The third kappa shape index (κ3) is 3.94. The Bertz CT molecular complexity index is 1210. The van der Waals surface area contributed by atoms with Crippen molar-refractivity contribution in [2.24, 2.45) is 5.92 Å². The summed E-state index contributed by atoms with van der Waals surface area (Å²) in [6, 6.07) is 13.1. The summed E-state index contributed by atoms with van der Waals surface area (Å²) in [6.07, 6.45) is 6.31. The number of aromatic amines is 1. The number of nitrogens with one attached hydrogen (secondary N) is 2. The molecule has 1 saturated carbocycles. The maximum absolute atomic E-state index is 13.8. The molecule has 160 valence electrons. The minimum atomic E-state index is -0.197. The average molecular weight is 419 g/mol. The van der Waals surface area contributed by atoms with Crippen LogP contribution in [0.15, 0.2) is 48.7 Å². The van der Waals surface area contributed by atoms with E-state index in [1.165, 1.54) is 11.6 Å². The summed E-state index contributed by atoms with van der Waals surface area (Å²) in [7, 11) is 1.67. The van der Waals surface area contributed by atoms with E-state index in [1.54, 1.807) is 19.2 Å². The van der Waals surface area contributed by atoms with Gasteiger partial charge in [0.1, 0.15) is 11.6 Å². The zero-order valence-electron chi connectivity index (χ0n) is 17.9. The summed E-state index contributed by atoms with van der Waals surface area (Å²) in [5.74, 6) is 2.45. The van der Waals surface area contributed by atoms with Crippen LogP contribution in [0.1, 0.15) is 44.1 Å². The van der Waals surface area contributed by atoms with E-state index in [-0.39, 0.29) is 5.82 Å². The molecule has 4 aromatic rings. The van der Waals surface area contributed by atoms with E-state index in [0.717, 1.165) is 59.3 Å². The highest BCUT2D eigenvalue weighted by Crippen LogP contribution is 2.39. The van der Waals surface area contributed by atoms with Gasteiger partial charge in [-0.1, -0.05) is 0 Å². The van der Waals surface area contributed by atoms with Crippen molar-refractivity contribution in [1.29, 1.82) is 0 Å². The van der Waals surface area contributed by atoms with Crippen LogP contribution >= 0.6 is 0 Å². The highest BCUT2D eigenvalue weighted by molar-refractivity contribution is 5.82. The first-order chi connectivity index (χ1) is 15.1. The van der Waals surface area contributed by atoms with Gasteiger partial charge in [-0.05, 0) is 86.4 Å². The van der Waals surface area contributed by atoms with Gasteiger partial charge in [-0.15, -0.1) is 0 Å². The fourth-order valence-corrected chi connectivity index (χ4v) is 4.94. The van der Waals surface area contributed by atoms with Crippen LogP contribution in [0.2, 0.25) is 0 Å². The first-order valence-corrected chi connectivity index (χ1v) is 10.9. The molecular formula is C25H27FN4O. The third-order valence-corrected chi connectivity index (χ3v) is 6.71. The van der Waals surface area contributed by atoms with E-state index < -0.39 is 0 Å². The number of imidazole rings is 1. The SMILES string of the molecule is COc1ccc2nc(NC(C)[C@H]3CC[C@@H](c4ccnc5ccc(F)cc54)CC3)[nH]c2c1. The molecule has 0 saturated heterocycles. The third-order valence-electron chi connectivity index (χ3n) is 6.71. The van der Waals surface area contributed by atoms with Crippen molar-refractivity contribution >= 4 is 27.9 Å². The van der Waals surface area contributed by atoms with Gasteiger partial charge in [0.05, 0.1) is 23.7 Å². The number of benzene rings is 2. The van der Waals surface area contributed by atoms with Gasteiger partial charge in [0.25, 0.3) is 0 Å². The summed E-state index contributed by atoms with van der Waals surface area (Å²) < 4.78 is 19.1. The molecule has 0 bridgehead atoms. The Hall–Kier alpha value is -3.15. The number of rotatable bonds is 5. The van der Waals surface area contributed by atoms with Gasteiger partial charge in [-0.3, -0.25) is 4.98 Å². The fourth-order valence-electron chi connectivity index (χ4n) is 4.94. The van der Waals surface area contributed by atoms with Crippen LogP contribution in [0.4, 0.5) is 10.3 Å². The Morgan fingerprint density at radius 3 is 2.68 bits per heavy atom. The van der Waals surface area contributed by atoms with E-state index in [0.29, 0.717) is 17.9 Å². The quantitative estimate of drug-likeness (QED) is 0.415. The van der Waals surface area contributed by atoms with Crippen molar-refractivity contribution in [2.45, 2.75) is 44.6 Å². The van der Waals surface area contributed by atoms with E-state index in [1.807, 2.05) is 24.4 Å².